The molecule has 0 radical (unpaired) electrons. The summed E-state index contributed by atoms with van der Waals surface area (Å²) in [5.74, 6) is -1.32. The SMILES string of the molecule is N[C@@H](COS(=O)(=O)c1cccc2ccccc12)C(=O)O. The van der Waals surface area contributed by atoms with Crippen LogP contribution in [-0.4, -0.2) is 32.1 Å². The molecule has 106 valence electrons. The van der Waals surface area contributed by atoms with Crippen LogP contribution in [-0.2, 0) is 19.1 Å². The highest BCUT2D eigenvalue weighted by Crippen LogP contribution is 2.24. The van der Waals surface area contributed by atoms with E-state index in [0.717, 1.165) is 5.39 Å². The number of fused-ring (bicyclic) bond motifs is 1. The van der Waals surface area contributed by atoms with Crippen LogP contribution in [0.25, 0.3) is 10.8 Å². The van der Waals surface area contributed by atoms with Gasteiger partial charge in [0.1, 0.15) is 10.9 Å². The van der Waals surface area contributed by atoms with Crippen LogP contribution >= 0.6 is 0 Å². The van der Waals surface area contributed by atoms with Crippen molar-refractivity contribution in [3.63, 3.8) is 0 Å². The van der Waals surface area contributed by atoms with Gasteiger partial charge in [-0.3, -0.25) is 8.98 Å². The third-order valence-corrected chi connectivity index (χ3v) is 4.08. The molecule has 1 atom stereocenters. The Morgan fingerprint density at radius 2 is 1.85 bits per heavy atom. The van der Waals surface area contributed by atoms with E-state index in [9.17, 15) is 13.2 Å². The lowest BCUT2D eigenvalue weighted by molar-refractivity contribution is -0.139. The predicted molar refractivity (Wildman–Crippen MR) is 72.7 cm³/mol. The van der Waals surface area contributed by atoms with Crippen LogP contribution in [0.5, 0.6) is 0 Å². The van der Waals surface area contributed by atoms with E-state index in [4.69, 9.17) is 15.0 Å². The molecule has 0 saturated heterocycles. The van der Waals surface area contributed by atoms with Gasteiger partial charge in [-0.1, -0.05) is 36.4 Å². The Morgan fingerprint density at radius 1 is 1.20 bits per heavy atom. The summed E-state index contributed by atoms with van der Waals surface area (Å²) in [6.45, 7) is -0.610. The van der Waals surface area contributed by atoms with E-state index in [-0.39, 0.29) is 4.90 Å². The van der Waals surface area contributed by atoms with Crippen LogP contribution in [0.3, 0.4) is 0 Å². The molecule has 0 saturated carbocycles. The van der Waals surface area contributed by atoms with E-state index < -0.39 is 28.7 Å². The monoisotopic (exact) mass is 295 g/mol. The second-order valence-corrected chi connectivity index (χ2v) is 5.74. The van der Waals surface area contributed by atoms with Crippen molar-refractivity contribution in [3.05, 3.63) is 42.5 Å². The van der Waals surface area contributed by atoms with E-state index in [1.807, 2.05) is 0 Å². The molecule has 7 heteroatoms. The van der Waals surface area contributed by atoms with Crippen molar-refractivity contribution in [3.8, 4) is 0 Å². The Hall–Kier alpha value is -1.96. The van der Waals surface area contributed by atoms with Gasteiger partial charge in [0.2, 0.25) is 0 Å². The van der Waals surface area contributed by atoms with Gasteiger partial charge in [0.05, 0.1) is 6.61 Å². The molecule has 2 rings (SSSR count). The number of benzene rings is 2. The van der Waals surface area contributed by atoms with Gasteiger partial charge < -0.3 is 10.8 Å². The molecule has 3 N–H and O–H groups in total. The Morgan fingerprint density at radius 3 is 2.55 bits per heavy atom. The van der Waals surface area contributed by atoms with Gasteiger partial charge in [-0.05, 0) is 11.5 Å². The van der Waals surface area contributed by atoms with Crippen LogP contribution in [0, 0.1) is 0 Å². The maximum absolute atomic E-state index is 12.1. The van der Waals surface area contributed by atoms with E-state index in [0.29, 0.717) is 5.39 Å². The molecule has 0 spiro atoms. The summed E-state index contributed by atoms with van der Waals surface area (Å²) in [5, 5.41) is 9.88. The lowest BCUT2D eigenvalue weighted by Crippen LogP contribution is -2.35. The van der Waals surface area contributed by atoms with E-state index >= 15 is 0 Å². The first-order valence-corrected chi connectivity index (χ1v) is 7.18. The number of nitrogens with two attached hydrogens (primary N) is 1. The molecule has 2 aromatic carbocycles. The minimum atomic E-state index is -4.06. The van der Waals surface area contributed by atoms with Gasteiger partial charge in [0.15, 0.2) is 0 Å². The topological polar surface area (TPSA) is 107 Å². The second-order valence-electron chi connectivity index (χ2n) is 4.16. The van der Waals surface area contributed by atoms with Crippen molar-refractivity contribution in [1.29, 1.82) is 0 Å². The molecule has 0 aliphatic rings. The van der Waals surface area contributed by atoms with Gasteiger partial charge in [0, 0.05) is 5.39 Å². The first-order valence-electron chi connectivity index (χ1n) is 5.77. The minimum Gasteiger partial charge on any atom is -0.480 e. The lowest BCUT2D eigenvalue weighted by Gasteiger charge is -2.10. The number of hydrogen-bond donors (Lipinski definition) is 2. The fraction of sp³-hybridized carbons (Fsp3) is 0.154. The van der Waals surface area contributed by atoms with E-state index in [2.05, 4.69) is 0 Å². The highest BCUT2D eigenvalue weighted by molar-refractivity contribution is 7.87. The quantitative estimate of drug-likeness (QED) is 0.796. The highest BCUT2D eigenvalue weighted by Gasteiger charge is 2.21. The Kier molecular flexibility index (Phi) is 4.03. The van der Waals surface area contributed by atoms with Crippen LogP contribution in [0.2, 0.25) is 0 Å². The van der Waals surface area contributed by atoms with E-state index in [1.54, 1.807) is 36.4 Å². The lowest BCUT2D eigenvalue weighted by atomic mass is 10.1. The number of carboxylic acid groups (broad SMARTS) is 1. The molecule has 0 bridgehead atoms. The molecule has 0 aliphatic carbocycles. The van der Waals surface area contributed by atoms with Crippen molar-refractivity contribution in [1.82, 2.24) is 0 Å². The van der Waals surface area contributed by atoms with Crippen molar-refractivity contribution < 1.29 is 22.5 Å². The maximum atomic E-state index is 12.1. The minimum absolute atomic E-state index is 0.00631. The number of carbonyl (C=O) groups is 1. The third kappa shape index (κ3) is 2.96. The summed E-state index contributed by atoms with van der Waals surface area (Å²) in [7, 11) is -4.06. The normalized spacial score (nSPS) is 13.2. The fourth-order valence-electron chi connectivity index (χ4n) is 1.71. The van der Waals surface area contributed by atoms with Crippen LogP contribution in [0.15, 0.2) is 47.4 Å². The largest absolute Gasteiger partial charge is 0.480 e. The number of rotatable bonds is 5. The molecule has 0 fully saturated rings. The van der Waals surface area contributed by atoms with Gasteiger partial charge >= 0.3 is 5.97 Å². The maximum Gasteiger partial charge on any atom is 0.322 e. The van der Waals surface area contributed by atoms with Gasteiger partial charge in [-0.2, -0.15) is 8.42 Å². The molecule has 0 amide bonds. The van der Waals surface area contributed by atoms with Crippen LogP contribution in [0.1, 0.15) is 0 Å². The zero-order valence-electron chi connectivity index (χ0n) is 10.4. The first-order chi connectivity index (χ1) is 9.42. The molecular formula is C13H13NO5S. The summed E-state index contributed by atoms with van der Waals surface area (Å²) < 4.78 is 28.9. The standard InChI is InChI=1S/C13H13NO5S/c14-11(13(15)16)8-19-20(17,18)12-7-3-5-9-4-1-2-6-10(9)12/h1-7,11H,8,14H2,(H,15,16)/t11-/m0/s1. The Balaban J connectivity index is 2.35. The first kappa shape index (κ1) is 14.4. The molecular weight excluding hydrogens is 282 g/mol. The molecule has 2 aromatic rings. The summed E-state index contributed by atoms with van der Waals surface area (Å²) >= 11 is 0. The third-order valence-electron chi connectivity index (χ3n) is 2.74. The fourth-order valence-corrected chi connectivity index (χ4v) is 2.86. The van der Waals surface area contributed by atoms with Gasteiger partial charge in [0.25, 0.3) is 10.1 Å². The highest BCUT2D eigenvalue weighted by atomic mass is 32.2. The van der Waals surface area contributed by atoms with Crippen LogP contribution < -0.4 is 5.73 Å². The zero-order valence-corrected chi connectivity index (χ0v) is 11.2. The van der Waals surface area contributed by atoms with Crippen LogP contribution in [0.4, 0.5) is 0 Å². The van der Waals surface area contributed by atoms with Crippen molar-refractivity contribution in [2.75, 3.05) is 6.61 Å². The van der Waals surface area contributed by atoms with Crippen molar-refractivity contribution >= 4 is 26.9 Å². The summed E-state index contributed by atoms with van der Waals surface area (Å²) in [6.07, 6.45) is 0. The molecule has 0 unspecified atom stereocenters. The summed E-state index contributed by atoms with van der Waals surface area (Å²) in [6, 6.07) is 10.3. The zero-order chi connectivity index (χ0) is 14.8. The molecule has 0 aromatic heterocycles. The molecule has 6 nitrogen and oxygen atoms in total. The van der Waals surface area contributed by atoms with Crippen molar-refractivity contribution in [2.45, 2.75) is 10.9 Å². The Labute approximate surface area is 115 Å². The second kappa shape index (κ2) is 5.58. The predicted octanol–water partition coefficient (Wildman–Crippen LogP) is 0.957. The van der Waals surface area contributed by atoms with Gasteiger partial charge in [-0.15, -0.1) is 0 Å². The number of carboxylic acids is 1. The average molecular weight is 295 g/mol. The van der Waals surface area contributed by atoms with Crippen molar-refractivity contribution in [2.24, 2.45) is 5.73 Å². The molecule has 20 heavy (non-hydrogen) atoms. The van der Waals surface area contributed by atoms with E-state index in [1.165, 1.54) is 6.07 Å². The smallest absolute Gasteiger partial charge is 0.322 e. The number of aliphatic carboxylic acids is 1. The number of hydrogen-bond acceptors (Lipinski definition) is 5. The average Bonchev–Trinajstić information content (AvgIpc) is 2.44. The molecule has 0 heterocycles. The summed E-state index contributed by atoms with van der Waals surface area (Å²) in [4.78, 5) is 10.6. The van der Waals surface area contributed by atoms with Gasteiger partial charge in [-0.25, -0.2) is 0 Å². The summed E-state index contributed by atoms with van der Waals surface area (Å²) in [5.41, 5.74) is 5.23. The Bertz CT molecular complexity index is 736. The molecule has 0 aliphatic heterocycles.